The van der Waals surface area contributed by atoms with Gasteiger partial charge in [-0.2, -0.15) is 0 Å². The van der Waals surface area contributed by atoms with Gasteiger partial charge in [-0.1, -0.05) is 33.1 Å². The molecule has 0 aliphatic heterocycles. The highest BCUT2D eigenvalue weighted by Crippen LogP contribution is 2.09. The van der Waals surface area contributed by atoms with Gasteiger partial charge in [0.25, 0.3) is 0 Å². The minimum atomic E-state index is -0.288. The number of hydrogen-bond acceptors (Lipinski definition) is 2. The van der Waals surface area contributed by atoms with E-state index >= 15 is 0 Å². The summed E-state index contributed by atoms with van der Waals surface area (Å²) >= 11 is 0. The summed E-state index contributed by atoms with van der Waals surface area (Å²) < 4.78 is 0. The van der Waals surface area contributed by atoms with E-state index in [4.69, 9.17) is 5.11 Å². The predicted molar refractivity (Wildman–Crippen MR) is 50.0 cm³/mol. The van der Waals surface area contributed by atoms with Gasteiger partial charge in [-0.05, 0) is 12.3 Å². The van der Waals surface area contributed by atoms with Crippen molar-refractivity contribution in [2.45, 2.75) is 46.0 Å². The van der Waals surface area contributed by atoms with Crippen LogP contribution in [0, 0.1) is 5.92 Å². The molecule has 0 rings (SSSR count). The third-order valence-corrected chi connectivity index (χ3v) is 1.91. The maximum absolute atomic E-state index is 10.7. The van der Waals surface area contributed by atoms with E-state index in [2.05, 4.69) is 13.8 Å². The molecule has 0 aromatic heterocycles. The van der Waals surface area contributed by atoms with Crippen molar-refractivity contribution in [3.05, 3.63) is 0 Å². The summed E-state index contributed by atoms with van der Waals surface area (Å²) in [6, 6.07) is 0. The van der Waals surface area contributed by atoms with E-state index in [0.29, 0.717) is 6.42 Å². The van der Waals surface area contributed by atoms with Gasteiger partial charge in [-0.25, -0.2) is 0 Å². The molecule has 0 aliphatic carbocycles. The Morgan fingerprint density at radius 1 is 1.25 bits per heavy atom. The van der Waals surface area contributed by atoms with Crippen LogP contribution in [-0.4, -0.2) is 17.5 Å². The van der Waals surface area contributed by atoms with Crippen molar-refractivity contribution in [3.63, 3.8) is 0 Å². The fourth-order valence-electron chi connectivity index (χ4n) is 1.13. The zero-order valence-corrected chi connectivity index (χ0v) is 8.18. The molecule has 0 atom stereocenters. The van der Waals surface area contributed by atoms with E-state index in [9.17, 15) is 4.79 Å². The Hall–Kier alpha value is -0.370. The molecule has 0 saturated heterocycles. The largest absolute Gasteiger partial charge is 0.389 e. The molecular weight excluding hydrogens is 152 g/mol. The minimum absolute atomic E-state index is 0.0282. The lowest BCUT2D eigenvalue weighted by Gasteiger charge is -2.02. The molecule has 0 unspecified atom stereocenters. The van der Waals surface area contributed by atoms with Crippen molar-refractivity contribution in [1.82, 2.24) is 0 Å². The standard InChI is InChI=1S/C10H20O2/c1-9(2)6-4-3-5-7-10(12)8-11/h9,11H,3-8H2,1-2H3. The molecule has 0 radical (unpaired) electrons. The molecule has 2 heteroatoms. The molecule has 0 aromatic rings. The molecule has 12 heavy (non-hydrogen) atoms. The van der Waals surface area contributed by atoms with Crippen molar-refractivity contribution in [3.8, 4) is 0 Å². The van der Waals surface area contributed by atoms with Crippen LogP contribution < -0.4 is 0 Å². The lowest BCUT2D eigenvalue weighted by atomic mass is 10.0. The van der Waals surface area contributed by atoms with Gasteiger partial charge >= 0.3 is 0 Å². The Morgan fingerprint density at radius 3 is 2.42 bits per heavy atom. The van der Waals surface area contributed by atoms with Crippen LogP contribution in [0.4, 0.5) is 0 Å². The van der Waals surface area contributed by atoms with E-state index in [0.717, 1.165) is 18.8 Å². The molecule has 0 saturated carbocycles. The summed E-state index contributed by atoms with van der Waals surface area (Å²) in [7, 11) is 0. The van der Waals surface area contributed by atoms with Gasteiger partial charge in [0.15, 0.2) is 5.78 Å². The number of rotatable bonds is 7. The Bertz CT molecular complexity index is 119. The van der Waals surface area contributed by atoms with Crippen LogP contribution in [0.25, 0.3) is 0 Å². The Kier molecular flexibility index (Phi) is 7.06. The summed E-state index contributed by atoms with van der Waals surface area (Å²) in [5.74, 6) is 0.734. The van der Waals surface area contributed by atoms with Crippen LogP contribution in [0.2, 0.25) is 0 Å². The monoisotopic (exact) mass is 172 g/mol. The fraction of sp³-hybridized carbons (Fsp3) is 0.900. The minimum Gasteiger partial charge on any atom is -0.389 e. The van der Waals surface area contributed by atoms with Gasteiger partial charge in [0.2, 0.25) is 0 Å². The zero-order chi connectivity index (χ0) is 9.40. The summed E-state index contributed by atoms with van der Waals surface area (Å²) in [6.45, 7) is 4.13. The Balaban J connectivity index is 3.05. The molecule has 72 valence electrons. The normalized spacial score (nSPS) is 10.7. The second-order valence-electron chi connectivity index (χ2n) is 3.69. The van der Waals surface area contributed by atoms with Crippen LogP contribution in [0.5, 0.6) is 0 Å². The second kappa shape index (κ2) is 7.29. The van der Waals surface area contributed by atoms with Gasteiger partial charge in [-0.3, -0.25) is 4.79 Å². The number of carbonyl (C=O) groups excluding carboxylic acids is 1. The van der Waals surface area contributed by atoms with Crippen molar-refractivity contribution in [2.24, 2.45) is 5.92 Å². The topological polar surface area (TPSA) is 37.3 Å². The molecule has 1 N–H and O–H groups in total. The molecule has 0 spiro atoms. The van der Waals surface area contributed by atoms with Crippen molar-refractivity contribution < 1.29 is 9.90 Å². The molecule has 0 fully saturated rings. The number of aliphatic hydroxyl groups is 1. The predicted octanol–water partition coefficient (Wildman–Crippen LogP) is 2.15. The summed E-state index contributed by atoms with van der Waals surface area (Å²) in [4.78, 5) is 10.7. The summed E-state index contributed by atoms with van der Waals surface area (Å²) in [6.07, 6.45) is 5.05. The van der Waals surface area contributed by atoms with Crippen molar-refractivity contribution >= 4 is 5.78 Å². The van der Waals surface area contributed by atoms with Crippen molar-refractivity contribution in [2.75, 3.05) is 6.61 Å². The molecule has 0 bridgehead atoms. The third kappa shape index (κ3) is 7.73. The number of carbonyl (C=O) groups is 1. The number of unbranched alkanes of at least 4 members (excludes halogenated alkanes) is 2. The van der Waals surface area contributed by atoms with Gasteiger partial charge in [0.05, 0.1) is 0 Å². The van der Waals surface area contributed by atoms with Crippen LogP contribution >= 0.6 is 0 Å². The second-order valence-corrected chi connectivity index (χ2v) is 3.69. The van der Waals surface area contributed by atoms with Gasteiger partial charge in [0, 0.05) is 6.42 Å². The average molecular weight is 172 g/mol. The number of aliphatic hydroxyl groups excluding tert-OH is 1. The van der Waals surface area contributed by atoms with Gasteiger partial charge in [0.1, 0.15) is 6.61 Å². The number of hydrogen-bond donors (Lipinski definition) is 1. The van der Waals surface area contributed by atoms with Crippen molar-refractivity contribution in [1.29, 1.82) is 0 Å². The Labute approximate surface area is 75.0 Å². The van der Waals surface area contributed by atoms with Gasteiger partial charge < -0.3 is 5.11 Å². The average Bonchev–Trinajstić information content (AvgIpc) is 2.03. The first-order valence-electron chi connectivity index (χ1n) is 4.79. The maximum Gasteiger partial charge on any atom is 0.158 e. The first-order chi connectivity index (χ1) is 5.66. The molecule has 2 nitrogen and oxygen atoms in total. The van der Waals surface area contributed by atoms with Crippen LogP contribution in [0.15, 0.2) is 0 Å². The molecule has 0 heterocycles. The summed E-state index contributed by atoms with van der Waals surface area (Å²) in [5, 5.41) is 8.43. The molecule has 0 amide bonds. The van der Waals surface area contributed by atoms with Gasteiger partial charge in [-0.15, -0.1) is 0 Å². The molecule has 0 aliphatic rings. The lowest BCUT2D eigenvalue weighted by Crippen LogP contribution is -2.02. The van der Waals surface area contributed by atoms with Crippen LogP contribution in [0.3, 0.4) is 0 Å². The van der Waals surface area contributed by atoms with Crippen LogP contribution in [0.1, 0.15) is 46.0 Å². The maximum atomic E-state index is 10.7. The molecule has 0 aromatic carbocycles. The smallest absolute Gasteiger partial charge is 0.158 e. The lowest BCUT2D eigenvalue weighted by molar-refractivity contribution is -0.121. The quantitative estimate of drug-likeness (QED) is 0.597. The van der Waals surface area contributed by atoms with E-state index < -0.39 is 0 Å². The van der Waals surface area contributed by atoms with E-state index in [1.165, 1.54) is 12.8 Å². The fourth-order valence-corrected chi connectivity index (χ4v) is 1.13. The SMILES string of the molecule is CC(C)CCCCCC(=O)CO. The zero-order valence-electron chi connectivity index (χ0n) is 8.18. The highest BCUT2D eigenvalue weighted by molar-refractivity contribution is 5.79. The number of Topliss-reactive ketones (excluding diaryl/α,β-unsaturated/α-hetero) is 1. The highest BCUT2D eigenvalue weighted by Gasteiger charge is 1.99. The first-order valence-corrected chi connectivity index (χ1v) is 4.79. The Morgan fingerprint density at radius 2 is 1.92 bits per heavy atom. The first kappa shape index (κ1) is 11.6. The molecular formula is C10H20O2. The van der Waals surface area contributed by atoms with Crippen LogP contribution in [-0.2, 0) is 4.79 Å². The van der Waals surface area contributed by atoms with E-state index in [1.54, 1.807) is 0 Å². The summed E-state index contributed by atoms with van der Waals surface area (Å²) in [5.41, 5.74) is 0. The van der Waals surface area contributed by atoms with E-state index in [1.807, 2.05) is 0 Å². The third-order valence-electron chi connectivity index (χ3n) is 1.91. The van der Waals surface area contributed by atoms with E-state index in [-0.39, 0.29) is 12.4 Å². The highest BCUT2D eigenvalue weighted by atomic mass is 16.3. The number of ketones is 1.